The van der Waals surface area contributed by atoms with Crippen molar-refractivity contribution in [2.45, 2.75) is 78.6 Å². The van der Waals surface area contributed by atoms with E-state index in [1.807, 2.05) is 0 Å². The molecule has 13 aromatic carbocycles. The summed E-state index contributed by atoms with van der Waals surface area (Å²) in [7, 11) is 0. The van der Waals surface area contributed by atoms with Crippen LogP contribution in [0.5, 0.6) is 0 Å². The van der Waals surface area contributed by atoms with Gasteiger partial charge >= 0.3 is 0 Å². The lowest BCUT2D eigenvalue weighted by Crippen LogP contribution is -2.61. The van der Waals surface area contributed by atoms with Gasteiger partial charge in [-0.1, -0.05) is 293 Å². The number of fused-ring (bicyclic) bond motifs is 7. The molecule has 0 saturated heterocycles. The first-order valence-corrected chi connectivity index (χ1v) is 32.9. The number of nitrogens with zero attached hydrogens (tertiary/aromatic N) is 3. The summed E-state index contributed by atoms with van der Waals surface area (Å²) in [5, 5.41) is 2.31. The molecule has 0 saturated carbocycles. The van der Waals surface area contributed by atoms with E-state index in [2.05, 4.69) is 344 Å². The van der Waals surface area contributed by atoms with Gasteiger partial charge in [0.2, 0.25) is 0 Å². The maximum absolute atomic E-state index is 10.0. The molecule has 0 atom stereocenters. The van der Waals surface area contributed by atoms with Crippen molar-refractivity contribution in [3.05, 3.63) is 314 Å². The van der Waals surface area contributed by atoms with E-state index in [-0.39, 0.29) is 33.9 Å². The molecule has 0 bridgehead atoms. The van der Waals surface area contributed by atoms with Crippen LogP contribution in [0.2, 0.25) is 0 Å². The molecule has 0 unspecified atom stereocenters. The molecule has 3 nitrogen and oxygen atoms in total. The minimum Gasteiger partial charge on any atom is -0.310 e. The lowest BCUT2D eigenvalue weighted by atomic mass is 9.33. The first-order chi connectivity index (χ1) is 47.6. The number of para-hydroxylation sites is 2. The molecule has 2 aliphatic rings. The first kappa shape index (κ1) is 52.9. The van der Waals surface area contributed by atoms with Gasteiger partial charge < -0.3 is 14.4 Å². The zero-order valence-corrected chi connectivity index (χ0v) is 54.8. The fourth-order valence-electron chi connectivity index (χ4n) is 14.8. The molecule has 3 heterocycles. The molecule has 94 heavy (non-hydrogen) atoms. The van der Waals surface area contributed by atoms with Gasteiger partial charge in [-0.15, -0.1) is 0 Å². The summed E-state index contributed by atoms with van der Waals surface area (Å²) in [6.45, 7) is 20.2. The lowest BCUT2D eigenvalue weighted by Gasteiger charge is -2.47. The predicted molar refractivity (Wildman–Crippen MR) is 404 cm³/mol. The summed E-state index contributed by atoms with van der Waals surface area (Å²) in [5.41, 5.74) is 25.4. The second-order valence-electron chi connectivity index (χ2n) is 28.5. The molecule has 2 aliphatic heterocycles. The summed E-state index contributed by atoms with van der Waals surface area (Å²) < 4.78 is 50.5. The normalized spacial score (nSPS) is 13.6. The van der Waals surface area contributed by atoms with Crippen LogP contribution < -0.4 is 26.2 Å². The minimum atomic E-state index is -0.450. The summed E-state index contributed by atoms with van der Waals surface area (Å²) in [5.74, 6) is 0. The molecule has 0 N–H and O–H groups in total. The smallest absolute Gasteiger partial charge is 0.252 e. The van der Waals surface area contributed by atoms with E-state index in [0.717, 1.165) is 145 Å². The summed E-state index contributed by atoms with van der Waals surface area (Å²) in [6.07, 6.45) is 0. The van der Waals surface area contributed by atoms with Crippen molar-refractivity contribution >= 4 is 79.0 Å². The van der Waals surface area contributed by atoms with Crippen molar-refractivity contribution in [2.75, 3.05) is 9.80 Å². The van der Waals surface area contributed by atoms with Crippen LogP contribution in [0.1, 0.15) is 85.9 Å². The van der Waals surface area contributed by atoms with Crippen LogP contribution in [0.3, 0.4) is 0 Å². The van der Waals surface area contributed by atoms with Gasteiger partial charge in [0.25, 0.3) is 6.71 Å². The van der Waals surface area contributed by atoms with E-state index in [1.54, 1.807) is 0 Å². The van der Waals surface area contributed by atoms with Gasteiger partial charge in [0.15, 0.2) is 0 Å². The molecule has 16 rings (SSSR count). The Kier molecular flexibility index (Phi) is 12.7. The third-order valence-corrected chi connectivity index (χ3v) is 19.4. The third kappa shape index (κ3) is 9.89. The van der Waals surface area contributed by atoms with Gasteiger partial charge in [-0.2, -0.15) is 0 Å². The summed E-state index contributed by atoms with van der Waals surface area (Å²) in [4.78, 5) is 5.01. The molecule has 1 aromatic heterocycles. The number of anilines is 6. The maximum atomic E-state index is 10.0. The van der Waals surface area contributed by atoms with E-state index in [1.165, 1.54) is 5.56 Å². The minimum absolute atomic E-state index is 0.117. The van der Waals surface area contributed by atoms with Gasteiger partial charge in [0, 0.05) is 61.5 Å². The van der Waals surface area contributed by atoms with E-state index < -0.39 is 24.8 Å². The van der Waals surface area contributed by atoms with Crippen LogP contribution >= 0.6 is 0 Å². The predicted octanol–water partition coefficient (Wildman–Crippen LogP) is 22.8. The number of aromatic nitrogens is 1. The van der Waals surface area contributed by atoms with Crippen molar-refractivity contribution < 1.29 is 6.85 Å². The third-order valence-electron chi connectivity index (χ3n) is 19.4. The largest absolute Gasteiger partial charge is 0.310 e. The molecule has 14 aromatic rings. The van der Waals surface area contributed by atoms with E-state index in [0.29, 0.717) is 5.56 Å². The summed E-state index contributed by atoms with van der Waals surface area (Å²) >= 11 is 0. The second kappa shape index (κ2) is 22.6. The van der Waals surface area contributed by atoms with Crippen LogP contribution in [0.15, 0.2) is 297 Å². The van der Waals surface area contributed by atoms with Crippen LogP contribution in [0.4, 0.5) is 34.1 Å². The molecule has 0 amide bonds. The molecule has 0 radical (unpaired) electrons. The highest BCUT2D eigenvalue weighted by Crippen LogP contribution is 2.56. The number of rotatable bonds is 9. The SMILES string of the molecule is [2H]c1c([2H])c([2H])c(-c2cc3c4c(c2)N(c2c(-c5ccccc5)cc(C(C)(C)C)cc2-c2ccccc2)c2cc(C(C)(C)C)c(-c5ccccc5)cc2B4c2ccc(-n4c5ccccc5c5ccccc54)cc2N3c2c(-c3ccccc3)cc(C(C)(C)C)cc2-c2ccccc2)c([2H])c1[2H]. The van der Waals surface area contributed by atoms with E-state index in [4.69, 9.17) is 1.37 Å². The van der Waals surface area contributed by atoms with Gasteiger partial charge in [0.1, 0.15) is 0 Å². The maximum Gasteiger partial charge on any atom is 0.252 e. The Balaban J connectivity index is 1.16. The van der Waals surface area contributed by atoms with Crippen molar-refractivity contribution in [2.24, 2.45) is 0 Å². The Labute approximate surface area is 562 Å². The average molecular weight is 1220 g/mol. The van der Waals surface area contributed by atoms with Crippen LogP contribution in [0.25, 0.3) is 94.3 Å². The van der Waals surface area contributed by atoms with Gasteiger partial charge in [0.05, 0.1) is 29.3 Å². The van der Waals surface area contributed by atoms with Crippen LogP contribution in [-0.2, 0) is 16.2 Å². The molecule has 454 valence electrons. The van der Waals surface area contributed by atoms with Gasteiger partial charge in [-0.25, -0.2) is 0 Å². The van der Waals surface area contributed by atoms with Crippen molar-refractivity contribution in [3.8, 4) is 72.4 Å². The fraction of sp³-hybridized carbons (Fsp3) is 0.133. The quantitative estimate of drug-likeness (QED) is 0.133. The van der Waals surface area contributed by atoms with Crippen molar-refractivity contribution in [1.29, 1.82) is 0 Å². The Morgan fingerprint density at radius 2 is 0.691 bits per heavy atom. The summed E-state index contributed by atoms with van der Waals surface area (Å²) in [6, 6.07) is 95.4. The topological polar surface area (TPSA) is 11.4 Å². The van der Waals surface area contributed by atoms with E-state index in [9.17, 15) is 5.48 Å². The highest BCUT2D eigenvalue weighted by atomic mass is 15.2. The number of benzene rings is 13. The van der Waals surface area contributed by atoms with Crippen molar-refractivity contribution in [1.82, 2.24) is 4.57 Å². The van der Waals surface area contributed by atoms with Gasteiger partial charge in [-0.3, -0.25) is 0 Å². The Hall–Kier alpha value is -10.7. The zero-order chi connectivity index (χ0) is 68.6. The Morgan fingerprint density at radius 3 is 1.10 bits per heavy atom. The number of hydrogen-bond donors (Lipinski definition) is 0. The number of hydrogen-bond acceptors (Lipinski definition) is 2. The molecular formula is C90H76BN3. The fourth-order valence-corrected chi connectivity index (χ4v) is 14.8. The Bertz CT molecular complexity index is 5350. The zero-order valence-electron chi connectivity index (χ0n) is 59.8. The average Bonchev–Trinajstić information content (AvgIpc) is 0.911. The van der Waals surface area contributed by atoms with E-state index >= 15 is 0 Å². The molecule has 0 aliphatic carbocycles. The lowest BCUT2D eigenvalue weighted by molar-refractivity contribution is 0.590. The molecule has 0 spiro atoms. The molecular weight excluding hydrogens is 1130 g/mol. The molecule has 0 fully saturated rings. The van der Waals surface area contributed by atoms with Crippen LogP contribution in [-0.4, -0.2) is 11.3 Å². The first-order valence-electron chi connectivity index (χ1n) is 35.4. The van der Waals surface area contributed by atoms with Crippen molar-refractivity contribution in [3.63, 3.8) is 0 Å². The second-order valence-corrected chi connectivity index (χ2v) is 28.5. The highest BCUT2D eigenvalue weighted by molar-refractivity contribution is 7.00. The standard InChI is InChI=1S/C90H76BN3/c1-88(2,3)66-52-72(61-36-20-12-21-37-61)86(73(53-66)62-38-22-13-23-39-62)93-81-56-68(92-79-46-30-28-44-69(79)70-45-29-31-47-80(70)92)48-49-77(81)91-78-57-71(60-34-18-11-19-35-60)76(90(7,8)9)58-82(78)94(84-51-65(50-83(93)85(84)91)59-32-16-10-17-33-59)87-74(63-40-24-14-25-41-63)54-67(89(4,5)6)55-75(87)64-42-26-15-27-43-64/h10-58H,1-9H3/i10D,16D,17D,32D,33D. The highest BCUT2D eigenvalue weighted by Gasteiger charge is 2.47. The monoisotopic (exact) mass is 1210 g/mol. The Morgan fingerprint density at radius 1 is 0.309 bits per heavy atom. The van der Waals surface area contributed by atoms with Crippen LogP contribution in [0, 0.1) is 0 Å². The van der Waals surface area contributed by atoms with Gasteiger partial charge in [-0.05, 0) is 161 Å². The molecule has 4 heteroatoms.